The standard InChI is InChI=1S/C10H15ClN4/c1-15(2)10-12-4-3-9(14-10)13-8-5-7(11)6-8/h3-4,7-8H,5-6H2,1-2H3,(H,12,13,14). The van der Waals surface area contributed by atoms with Crippen LogP contribution < -0.4 is 10.2 Å². The monoisotopic (exact) mass is 226 g/mol. The molecule has 0 aliphatic heterocycles. The second kappa shape index (κ2) is 4.23. The quantitative estimate of drug-likeness (QED) is 0.797. The van der Waals surface area contributed by atoms with E-state index in [1.165, 1.54) is 0 Å². The minimum atomic E-state index is 0.331. The van der Waals surface area contributed by atoms with Crippen LogP contribution in [-0.2, 0) is 0 Å². The molecule has 4 nitrogen and oxygen atoms in total. The van der Waals surface area contributed by atoms with Crippen LogP contribution in [0.1, 0.15) is 12.8 Å². The van der Waals surface area contributed by atoms with Gasteiger partial charge in [-0.1, -0.05) is 0 Å². The Hall–Kier alpha value is -1.03. The molecule has 0 aromatic carbocycles. The van der Waals surface area contributed by atoms with Gasteiger partial charge in [0.1, 0.15) is 5.82 Å². The summed E-state index contributed by atoms with van der Waals surface area (Å²) in [6, 6.07) is 2.35. The molecular weight excluding hydrogens is 212 g/mol. The van der Waals surface area contributed by atoms with Gasteiger partial charge < -0.3 is 10.2 Å². The molecule has 0 bridgehead atoms. The molecular formula is C10H15ClN4. The van der Waals surface area contributed by atoms with E-state index in [2.05, 4.69) is 15.3 Å². The van der Waals surface area contributed by atoms with Crippen molar-refractivity contribution in [3.05, 3.63) is 12.3 Å². The Morgan fingerprint density at radius 2 is 2.20 bits per heavy atom. The molecule has 1 aliphatic rings. The summed E-state index contributed by atoms with van der Waals surface area (Å²) >= 11 is 5.91. The summed E-state index contributed by atoms with van der Waals surface area (Å²) < 4.78 is 0. The second-order valence-corrected chi connectivity index (χ2v) is 4.66. The van der Waals surface area contributed by atoms with Crippen molar-refractivity contribution in [2.45, 2.75) is 24.3 Å². The van der Waals surface area contributed by atoms with E-state index in [0.29, 0.717) is 11.4 Å². The van der Waals surface area contributed by atoms with Crippen LogP contribution in [0.25, 0.3) is 0 Å². The van der Waals surface area contributed by atoms with E-state index in [0.717, 1.165) is 24.6 Å². The molecule has 1 aromatic heterocycles. The van der Waals surface area contributed by atoms with Gasteiger partial charge in [-0.2, -0.15) is 4.98 Å². The minimum absolute atomic E-state index is 0.331. The van der Waals surface area contributed by atoms with Gasteiger partial charge in [-0.15, -0.1) is 11.6 Å². The van der Waals surface area contributed by atoms with E-state index in [4.69, 9.17) is 11.6 Å². The molecule has 1 saturated carbocycles. The van der Waals surface area contributed by atoms with E-state index >= 15 is 0 Å². The number of hydrogen-bond donors (Lipinski definition) is 1. The molecule has 0 unspecified atom stereocenters. The van der Waals surface area contributed by atoms with E-state index in [1.807, 2.05) is 25.1 Å². The molecule has 0 saturated heterocycles. The first-order valence-corrected chi connectivity index (χ1v) is 5.50. The highest BCUT2D eigenvalue weighted by Crippen LogP contribution is 2.28. The number of aromatic nitrogens is 2. The number of hydrogen-bond acceptors (Lipinski definition) is 4. The normalized spacial score (nSPS) is 24.5. The Bertz CT molecular complexity index is 336. The summed E-state index contributed by atoms with van der Waals surface area (Å²) in [5.41, 5.74) is 0. The highest BCUT2D eigenvalue weighted by Gasteiger charge is 2.27. The molecule has 15 heavy (non-hydrogen) atoms. The highest BCUT2D eigenvalue weighted by molar-refractivity contribution is 6.21. The number of nitrogens with zero attached hydrogens (tertiary/aromatic N) is 3. The Morgan fingerprint density at radius 3 is 2.80 bits per heavy atom. The van der Waals surface area contributed by atoms with Crippen LogP contribution in [0, 0.1) is 0 Å². The lowest BCUT2D eigenvalue weighted by atomic mass is 9.92. The number of halogens is 1. The Kier molecular flexibility index (Phi) is 2.95. The smallest absolute Gasteiger partial charge is 0.226 e. The maximum atomic E-state index is 5.91. The van der Waals surface area contributed by atoms with Crippen molar-refractivity contribution < 1.29 is 0 Å². The summed E-state index contributed by atoms with van der Waals surface area (Å²) in [5, 5.41) is 3.67. The van der Waals surface area contributed by atoms with Crippen LogP contribution in [-0.4, -0.2) is 35.5 Å². The molecule has 2 rings (SSSR count). The average Bonchev–Trinajstić information content (AvgIpc) is 2.16. The van der Waals surface area contributed by atoms with E-state index in [-0.39, 0.29) is 0 Å². The van der Waals surface area contributed by atoms with Gasteiger partial charge in [0, 0.05) is 31.7 Å². The van der Waals surface area contributed by atoms with Crippen LogP contribution in [0.5, 0.6) is 0 Å². The largest absolute Gasteiger partial charge is 0.367 e. The summed E-state index contributed by atoms with van der Waals surface area (Å²) in [7, 11) is 3.86. The van der Waals surface area contributed by atoms with E-state index in [9.17, 15) is 0 Å². The molecule has 82 valence electrons. The van der Waals surface area contributed by atoms with Gasteiger partial charge in [-0.05, 0) is 18.9 Å². The number of nitrogens with one attached hydrogen (secondary N) is 1. The first-order valence-electron chi connectivity index (χ1n) is 5.06. The molecule has 1 N–H and O–H groups in total. The third kappa shape index (κ3) is 2.50. The Balaban J connectivity index is 1.99. The fourth-order valence-electron chi connectivity index (χ4n) is 1.52. The molecule has 1 fully saturated rings. The lowest BCUT2D eigenvalue weighted by Crippen LogP contribution is -2.36. The van der Waals surface area contributed by atoms with Crippen LogP contribution in [0.4, 0.5) is 11.8 Å². The molecule has 1 aromatic rings. The number of anilines is 2. The first-order chi connectivity index (χ1) is 7.15. The van der Waals surface area contributed by atoms with Crippen molar-refractivity contribution in [1.82, 2.24) is 9.97 Å². The zero-order valence-electron chi connectivity index (χ0n) is 8.94. The third-order valence-corrected chi connectivity index (χ3v) is 2.83. The zero-order valence-corrected chi connectivity index (χ0v) is 9.70. The van der Waals surface area contributed by atoms with Crippen molar-refractivity contribution in [3.8, 4) is 0 Å². The summed E-state index contributed by atoms with van der Waals surface area (Å²) in [6.45, 7) is 0. The van der Waals surface area contributed by atoms with Crippen LogP contribution in [0.2, 0.25) is 0 Å². The predicted octanol–water partition coefficient (Wildman–Crippen LogP) is 1.72. The topological polar surface area (TPSA) is 41.1 Å². The molecule has 1 aliphatic carbocycles. The molecule has 0 radical (unpaired) electrons. The zero-order chi connectivity index (χ0) is 10.8. The molecule has 0 atom stereocenters. The first kappa shape index (κ1) is 10.5. The third-order valence-electron chi connectivity index (χ3n) is 2.48. The van der Waals surface area contributed by atoms with Crippen LogP contribution >= 0.6 is 11.6 Å². The summed E-state index contributed by atoms with van der Waals surface area (Å²) in [5.74, 6) is 1.60. The molecule has 1 heterocycles. The van der Waals surface area contributed by atoms with Gasteiger partial charge in [0.25, 0.3) is 0 Å². The van der Waals surface area contributed by atoms with Crippen LogP contribution in [0.3, 0.4) is 0 Å². The molecule has 5 heteroatoms. The van der Waals surface area contributed by atoms with Crippen LogP contribution in [0.15, 0.2) is 12.3 Å². The Morgan fingerprint density at radius 1 is 1.47 bits per heavy atom. The van der Waals surface area contributed by atoms with Gasteiger partial charge in [-0.3, -0.25) is 0 Å². The molecule has 0 spiro atoms. The van der Waals surface area contributed by atoms with Crippen molar-refractivity contribution in [3.63, 3.8) is 0 Å². The average molecular weight is 227 g/mol. The van der Waals surface area contributed by atoms with E-state index in [1.54, 1.807) is 6.20 Å². The minimum Gasteiger partial charge on any atom is -0.367 e. The van der Waals surface area contributed by atoms with E-state index < -0.39 is 0 Å². The SMILES string of the molecule is CN(C)c1nccc(NC2CC(Cl)C2)n1. The van der Waals surface area contributed by atoms with Crippen molar-refractivity contribution in [2.24, 2.45) is 0 Å². The van der Waals surface area contributed by atoms with Gasteiger partial charge >= 0.3 is 0 Å². The van der Waals surface area contributed by atoms with Gasteiger partial charge in [0.2, 0.25) is 5.95 Å². The lowest BCUT2D eigenvalue weighted by molar-refractivity contribution is 0.453. The number of alkyl halides is 1. The fourth-order valence-corrected chi connectivity index (χ4v) is 1.95. The predicted molar refractivity (Wildman–Crippen MR) is 62.6 cm³/mol. The Labute approximate surface area is 94.7 Å². The van der Waals surface area contributed by atoms with Gasteiger partial charge in [-0.25, -0.2) is 4.98 Å². The summed E-state index contributed by atoms with van der Waals surface area (Å²) in [6.07, 6.45) is 3.80. The lowest BCUT2D eigenvalue weighted by Gasteiger charge is -2.32. The van der Waals surface area contributed by atoms with Gasteiger partial charge in [0.15, 0.2) is 0 Å². The van der Waals surface area contributed by atoms with Gasteiger partial charge in [0.05, 0.1) is 0 Å². The second-order valence-electron chi connectivity index (χ2n) is 4.05. The highest BCUT2D eigenvalue weighted by atomic mass is 35.5. The maximum absolute atomic E-state index is 5.91. The summed E-state index contributed by atoms with van der Waals surface area (Å²) in [4.78, 5) is 10.4. The molecule has 0 amide bonds. The maximum Gasteiger partial charge on any atom is 0.226 e. The number of rotatable bonds is 3. The van der Waals surface area contributed by atoms with Crippen molar-refractivity contribution in [2.75, 3.05) is 24.3 Å². The van der Waals surface area contributed by atoms with Crippen molar-refractivity contribution >= 4 is 23.4 Å². The fraction of sp³-hybridized carbons (Fsp3) is 0.600. The van der Waals surface area contributed by atoms with Crippen molar-refractivity contribution in [1.29, 1.82) is 0 Å².